The number of carboxylic acid groups (broad SMARTS) is 1. The van der Waals surface area contributed by atoms with E-state index in [2.05, 4.69) is 10.3 Å². The van der Waals surface area contributed by atoms with E-state index in [4.69, 9.17) is 5.11 Å². The lowest BCUT2D eigenvalue weighted by atomic mass is 10.2. The van der Waals surface area contributed by atoms with Crippen molar-refractivity contribution < 1.29 is 23.2 Å². The molecule has 1 unspecified atom stereocenters. The Kier molecular flexibility index (Phi) is 4.07. The number of aromatic carboxylic acids is 1. The van der Waals surface area contributed by atoms with Gasteiger partial charge in [0.2, 0.25) is 0 Å². The van der Waals surface area contributed by atoms with Crippen LogP contribution in [0.1, 0.15) is 23.2 Å². The van der Waals surface area contributed by atoms with Crippen LogP contribution in [-0.2, 0) is 9.84 Å². The molecule has 9 nitrogen and oxygen atoms in total. The highest BCUT2D eigenvalue weighted by Crippen LogP contribution is 2.23. The quantitative estimate of drug-likeness (QED) is 0.597. The van der Waals surface area contributed by atoms with Crippen LogP contribution in [-0.4, -0.2) is 46.9 Å². The second-order valence-corrected chi connectivity index (χ2v) is 7.06. The van der Waals surface area contributed by atoms with E-state index in [0.717, 1.165) is 12.3 Å². The second-order valence-electron chi connectivity index (χ2n) is 4.66. The summed E-state index contributed by atoms with van der Waals surface area (Å²) in [5.41, 5.74) is -0.800. The smallest absolute Gasteiger partial charge is 0.339 e. The molecule has 2 N–H and O–H groups in total. The molecular formula is C11H13N3O6S. The van der Waals surface area contributed by atoms with Gasteiger partial charge < -0.3 is 10.4 Å². The number of carbonyl (C=O) groups is 1. The van der Waals surface area contributed by atoms with Gasteiger partial charge >= 0.3 is 5.97 Å². The maximum Gasteiger partial charge on any atom is 0.339 e. The number of carboxylic acids is 1. The van der Waals surface area contributed by atoms with Crippen molar-refractivity contribution >= 4 is 27.3 Å². The Hall–Kier alpha value is -2.23. The number of sulfone groups is 1. The summed E-state index contributed by atoms with van der Waals surface area (Å²) >= 11 is 0. The Morgan fingerprint density at radius 2 is 2.29 bits per heavy atom. The van der Waals surface area contributed by atoms with Gasteiger partial charge in [0.15, 0.2) is 9.84 Å². The molecule has 1 aliphatic heterocycles. The van der Waals surface area contributed by atoms with Crippen molar-refractivity contribution in [2.24, 2.45) is 0 Å². The third-order valence-corrected chi connectivity index (χ3v) is 5.55. The van der Waals surface area contributed by atoms with Gasteiger partial charge in [0.05, 0.1) is 15.9 Å². The van der Waals surface area contributed by atoms with E-state index >= 15 is 0 Å². The highest BCUT2D eigenvalue weighted by atomic mass is 32.2. The molecule has 0 spiro atoms. The first-order chi connectivity index (χ1) is 9.81. The fourth-order valence-corrected chi connectivity index (χ4v) is 3.92. The highest BCUT2D eigenvalue weighted by molar-refractivity contribution is 7.92. The van der Waals surface area contributed by atoms with Crippen molar-refractivity contribution in [1.29, 1.82) is 0 Å². The van der Waals surface area contributed by atoms with Crippen molar-refractivity contribution in [3.63, 3.8) is 0 Å². The zero-order valence-corrected chi connectivity index (χ0v) is 11.7. The van der Waals surface area contributed by atoms with E-state index in [1.807, 2.05) is 0 Å². The van der Waals surface area contributed by atoms with E-state index < -0.39 is 31.7 Å². The van der Waals surface area contributed by atoms with Crippen molar-refractivity contribution in [2.45, 2.75) is 18.1 Å². The largest absolute Gasteiger partial charge is 0.478 e. The zero-order chi connectivity index (χ0) is 15.6. The molecule has 1 aliphatic rings. The number of aromatic nitrogens is 1. The maximum absolute atomic E-state index is 11.7. The molecule has 0 aromatic carbocycles. The van der Waals surface area contributed by atoms with Crippen LogP contribution in [0.15, 0.2) is 12.3 Å². The molecule has 2 heterocycles. The molecular weight excluding hydrogens is 302 g/mol. The molecule has 0 aliphatic carbocycles. The van der Waals surface area contributed by atoms with Crippen LogP contribution >= 0.6 is 0 Å². The highest BCUT2D eigenvalue weighted by Gasteiger charge is 2.31. The van der Waals surface area contributed by atoms with E-state index in [1.165, 1.54) is 0 Å². The maximum atomic E-state index is 11.7. The third-order valence-electron chi connectivity index (χ3n) is 3.27. The predicted octanol–water partition coefficient (Wildman–Crippen LogP) is 0.677. The Morgan fingerprint density at radius 3 is 2.81 bits per heavy atom. The number of hydrogen-bond donors (Lipinski definition) is 2. The van der Waals surface area contributed by atoms with Crippen molar-refractivity contribution in [2.75, 3.05) is 17.6 Å². The molecule has 1 atom stereocenters. The molecule has 1 aromatic rings. The molecule has 114 valence electrons. The normalized spacial score (nSPS) is 20.1. The summed E-state index contributed by atoms with van der Waals surface area (Å²) in [4.78, 5) is 24.7. The minimum absolute atomic E-state index is 0.0351. The lowest BCUT2D eigenvalue weighted by Crippen LogP contribution is -2.26. The number of pyridine rings is 1. The minimum Gasteiger partial charge on any atom is -0.478 e. The van der Waals surface area contributed by atoms with E-state index in [9.17, 15) is 23.3 Å². The number of nitrogens with one attached hydrogen (secondary N) is 1. The van der Waals surface area contributed by atoms with Gasteiger partial charge in [0.25, 0.3) is 5.69 Å². The molecule has 0 bridgehead atoms. The molecule has 0 saturated carbocycles. The predicted molar refractivity (Wildman–Crippen MR) is 73.1 cm³/mol. The average Bonchev–Trinajstić information content (AvgIpc) is 2.74. The molecule has 2 rings (SSSR count). The van der Waals surface area contributed by atoms with Gasteiger partial charge in [-0.2, -0.15) is 0 Å². The van der Waals surface area contributed by atoms with Crippen LogP contribution in [0.3, 0.4) is 0 Å². The van der Waals surface area contributed by atoms with Gasteiger partial charge in [0, 0.05) is 12.6 Å². The van der Waals surface area contributed by atoms with E-state index in [1.54, 1.807) is 0 Å². The number of nitrogens with zero attached hydrogens (tertiary/aromatic N) is 2. The summed E-state index contributed by atoms with van der Waals surface area (Å²) < 4.78 is 23.4. The average molecular weight is 315 g/mol. The van der Waals surface area contributed by atoms with Crippen molar-refractivity contribution in [1.82, 2.24) is 4.98 Å². The summed E-state index contributed by atoms with van der Waals surface area (Å²) in [6, 6.07) is 0.890. The van der Waals surface area contributed by atoms with Gasteiger partial charge in [-0.25, -0.2) is 18.2 Å². The summed E-state index contributed by atoms with van der Waals surface area (Å²) in [5, 5.41) is 21.7. The molecule has 10 heteroatoms. The molecule has 1 aromatic heterocycles. The molecule has 0 radical (unpaired) electrons. The third kappa shape index (κ3) is 3.27. The Balaban J connectivity index is 2.20. The van der Waals surface area contributed by atoms with Gasteiger partial charge in [-0.1, -0.05) is 0 Å². The van der Waals surface area contributed by atoms with Crippen LogP contribution < -0.4 is 5.32 Å². The van der Waals surface area contributed by atoms with Gasteiger partial charge in [-0.15, -0.1) is 0 Å². The Bertz CT molecular complexity index is 687. The first kappa shape index (κ1) is 15.2. The van der Waals surface area contributed by atoms with Crippen molar-refractivity contribution in [3.8, 4) is 0 Å². The summed E-state index contributed by atoms with van der Waals surface area (Å²) in [6.07, 6.45) is 2.01. The monoisotopic (exact) mass is 315 g/mol. The van der Waals surface area contributed by atoms with Crippen LogP contribution in [0.25, 0.3) is 0 Å². The van der Waals surface area contributed by atoms with Gasteiger partial charge in [0.1, 0.15) is 17.6 Å². The lowest BCUT2D eigenvalue weighted by molar-refractivity contribution is -0.385. The van der Waals surface area contributed by atoms with Crippen molar-refractivity contribution in [3.05, 3.63) is 27.9 Å². The minimum atomic E-state index is -3.16. The number of hydrogen-bond acceptors (Lipinski definition) is 7. The first-order valence-corrected chi connectivity index (χ1v) is 7.86. The second kappa shape index (κ2) is 5.64. The SMILES string of the molecule is O=C(O)c1cc([N+](=O)[O-])cnc1NCC1CCCS1(=O)=O. The standard InChI is InChI=1S/C11H13N3O6S/c15-11(16)9-4-7(14(17)18)5-12-10(9)13-6-8-2-1-3-21(8,19)20/h4-5,8H,1-3,6H2,(H,12,13)(H,15,16). The Morgan fingerprint density at radius 1 is 1.57 bits per heavy atom. The van der Waals surface area contributed by atoms with Gasteiger partial charge in [-0.3, -0.25) is 10.1 Å². The Labute approximate surface area is 120 Å². The van der Waals surface area contributed by atoms with Crippen LogP contribution in [0.5, 0.6) is 0 Å². The van der Waals surface area contributed by atoms with E-state index in [-0.39, 0.29) is 23.7 Å². The van der Waals surface area contributed by atoms with E-state index in [0.29, 0.717) is 12.8 Å². The zero-order valence-electron chi connectivity index (χ0n) is 10.9. The van der Waals surface area contributed by atoms with Gasteiger partial charge in [-0.05, 0) is 12.8 Å². The molecule has 21 heavy (non-hydrogen) atoms. The molecule has 0 amide bonds. The lowest BCUT2D eigenvalue weighted by Gasteiger charge is -2.12. The van der Waals surface area contributed by atoms with Crippen LogP contribution in [0.4, 0.5) is 11.5 Å². The molecule has 1 saturated heterocycles. The fraction of sp³-hybridized carbons (Fsp3) is 0.455. The number of anilines is 1. The van der Waals surface area contributed by atoms with Crippen LogP contribution in [0.2, 0.25) is 0 Å². The fourth-order valence-electron chi connectivity index (χ4n) is 2.16. The summed E-state index contributed by atoms with van der Waals surface area (Å²) in [5.74, 6) is -1.32. The number of rotatable bonds is 5. The topological polar surface area (TPSA) is 140 Å². The molecule has 1 fully saturated rings. The number of nitro groups is 1. The summed E-state index contributed by atoms with van der Waals surface area (Å²) in [7, 11) is -3.16. The first-order valence-electron chi connectivity index (χ1n) is 6.14. The summed E-state index contributed by atoms with van der Waals surface area (Å²) in [6.45, 7) is 0.0351. The van der Waals surface area contributed by atoms with Crippen LogP contribution in [0, 0.1) is 10.1 Å².